The zero-order valence-electron chi connectivity index (χ0n) is 38.9. The molecule has 0 aliphatic heterocycles. The fourth-order valence-corrected chi connectivity index (χ4v) is 8.12. The van der Waals surface area contributed by atoms with Gasteiger partial charge in [0.2, 0.25) is 17.7 Å². The van der Waals surface area contributed by atoms with Crippen LogP contribution >= 0.6 is 0 Å². The van der Waals surface area contributed by atoms with E-state index in [4.69, 9.17) is 18.9 Å². The second kappa shape index (κ2) is 31.4. The van der Waals surface area contributed by atoms with Crippen LogP contribution < -0.4 is 25.4 Å². The summed E-state index contributed by atoms with van der Waals surface area (Å²) < 4.78 is 22.3. The molecule has 3 amide bonds. The van der Waals surface area contributed by atoms with Crippen LogP contribution in [0.5, 0.6) is 11.5 Å². The van der Waals surface area contributed by atoms with Crippen LogP contribution in [0.4, 0.5) is 0 Å². The first-order valence-corrected chi connectivity index (χ1v) is 24.3. The summed E-state index contributed by atoms with van der Waals surface area (Å²) in [4.78, 5) is 77.5. The minimum atomic E-state index is -1.10. The van der Waals surface area contributed by atoms with Crippen LogP contribution in [0.15, 0.2) is 24.3 Å². The van der Waals surface area contributed by atoms with Gasteiger partial charge in [-0.15, -0.1) is 0 Å². The Morgan fingerprint density at radius 1 is 0.683 bits per heavy atom. The van der Waals surface area contributed by atoms with E-state index in [-0.39, 0.29) is 36.9 Å². The summed E-state index contributed by atoms with van der Waals surface area (Å²) in [7, 11) is 1.47. The molecular weight excluding hydrogens is 803 g/mol. The lowest BCUT2D eigenvalue weighted by molar-refractivity contribution is -0.154. The third-order valence-electron chi connectivity index (χ3n) is 11.9. The highest BCUT2D eigenvalue weighted by Gasteiger charge is 2.32. The van der Waals surface area contributed by atoms with Crippen LogP contribution in [-0.2, 0) is 38.2 Å². The van der Waals surface area contributed by atoms with Crippen LogP contribution in [0.2, 0.25) is 0 Å². The van der Waals surface area contributed by atoms with E-state index in [1.54, 1.807) is 32.0 Å². The fourth-order valence-electron chi connectivity index (χ4n) is 8.12. The number of benzene rings is 1. The molecule has 13 nitrogen and oxygen atoms in total. The predicted molar refractivity (Wildman–Crippen MR) is 245 cm³/mol. The normalized spacial score (nSPS) is 15.3. The number of unbranched alkanes of at least 4 members (excludes halogenated alkanes) is 14. The Labute approximate surface area is 377 Å². The van der Waals surface area contributed by atoms with Crippen molar-refractivity contribution in [2.24, 2.45) is 5.92 Å². The zero-order chi connectivity index (χ0) is 45.7. The van der Waals surface area contributed by atoms with Crippen molar-refractivity contribution in [3.63, 3.8) is 0 Å². The Balaban J connectivity index is 1.37. The molecular formula is C50H79N3O10. The molecule has 0 unspecified atom stereocenters. The van der Waals surface area contributed by atoms with Gasteiger partial charge in [0, 0.05) is 18.9 Å². The molecule has 0 bridgehead atoms. The van der Waals surface area contributed by atoms with Crippen LogP contribution in [0.25, 0.3) is 6.08 Å². The molecule has 2 saturated carbocycles. The van der Waals surface area contributed by atoms with Gasteiger partial charge in [-0.1, -0.05) is 117 Å². The third-order valence-corrected chi connectivity index (χ3v) is 11.9. The molecule has 1 aromatic carbocycles. The number of ether oxygens (including phenoxy) is 4. The van der Waals surface area contributed by atoms with Crippen LogP contribution in [0.3, 0.4) is 0 Å². The van der Waals surface area contributed by atoms with Gasteiger partial charge in [-0.3, -0.25) is 24.0 Å². The molecule has 1 aromatic rings. The molecule has 0 spiro atoms. The molecule has 3 N–H and O–H groups in total. The number of rotatable bonds is 32. The molecule has 63 heavy (non-hydrogen) atoms. The number of methoxy groups -OCH3 is 1. The lowest BCUT2D eigenvalue weighted by Gasteiger charge is -2.25. The molecule has 3 rings (SSSR count). The van der Waals surface area contributed by atoms with Crippen molar-refractivity contribution in [1.82, 2.24) is 16.0 Å². The number of hydrogen-bond acceptors (Lipinski definition) is 10. The van der Waals surface area contributed by atoms with Crippen molar-refractivity contribution in [2.45, 2.75) is 212 Å². The van der Waals surface area contributed by atoms with Crippen molar-refractivity contribution in [3.05, 3.63) is 29.8 Å². The summed E-state index contributed by atoms with van der Waals surface area (Å²) >= 11 is 0. The number of esters is 3. The molecule has 354 valence electrons. The van der Waals surface area contributed by atoms with Crippen LogP contribution in [0, 0.1) is 5.92 Å². The lowest BCUT2D eigenvalue weighted by atomic mass is 10.0. The minimum Gasteiger partial charge on any atom is -0.493 e. The molecule has 0 radical (unpaired) electrons. The number of nitrogens with one attached hydrogen (secondary N) is 3. The van der Waals surface area contributed by atoms with Crippen molar-refractivity contribution in [3.8, 4) is 11.5 Å². The zero-order valence-corrected chi connectivity index (χ0v) is 38.9. The highest BCUT2D eigenvalue weighted by atomic mass is 16.6. The van der Waals surface area contributed by atoms with E-state index in [9.17, 15) is 28.8 Å². The van der Waals surface area contributed by atoms with Gasteiger partial charge in [0.25, 0.3) is 0 Å². The Kier molecular flexibility index (Phi) is 26.4. The molecule has 0 aromatic heterocycles. The van der Waals surface area contributed by atoms with E-state index in [1.165, 1.54) is 96.3 Å². The van der Waals surface area contributed by atoms with Gasteiger partial charge in [0.15, 0.2) is 11.5 Å². The average Bonchev–Trinajstić information content (AvgIpc) is 3.99. The summed E-state index contributed by atoms with van der Waals surface area (Å²) in [6.45, 7) is 5.35. The highest BCUT2D eigenvalue weighted by molar-refractivity contribution is 5.96. The maximum atomic E-state index is 13.5. The Morgan fingerprint density at radius 2 is 1.24 bits per heavy atom. The fraction of sp³-hybridized carbons (Fsp3) is 0.720. The van der Waals surface area contributed by atoms with Crippen molar-refractivity contribution >= 4 is 41.7 Å². The summed E-state index contributed by atoms with van der Waals surface area (Å²) in [6, 6.07) is 2.83. The van der Waals surface area contributed by atoms with Gasteiger partial charge < -0.3 is 34.9 Å². The standard InChI is InChI=1S/C50H79N3O10/c1-5-6-7-8-9-10-11-12-13-14-15-16-17-18-19-28-46(56)63-42-32-29-38(35-43(42)60-4)30-33-44(54)51-36-45(55)53-48(37(2)3)49(58)52-41(50(59)62-40-26-22-23-27-40)31-34-47(57)61-39-24-20-21-25-39/h29-30,32-33,35,37,39-41,48H,5-28,31,34,36H2,1-4H3,(H,51,54)(H,52,58)(H,53,55)/b33-30+/t41-,48+/m1/s1. The molecule has 2 aliphatic carbocycles. The van der Waals surface area contributed by atoms with Gasteiger partial charge in [-0.05, 0) is 93.9 Å². The number of carbonyl (C=O) groups is 6. The van der Waals surface area contributed by atoms with Crippen LogP contribution in [0.1, 0.15) is 193 Å². The largest absolute Gasteiger partial charge is 0.493 e. The quantitative estimate of drug-likeness (QED) is 0.0274. The Hall–Kier alpha value is -4.42. The molecule has 0 saturated heterocycles. The predicted octanol–water partition coefficient (Wildman–Crippen LogP) is 9.37. The number of hydrogen-bond donors (Lipinski definition) is 3. The van der Waals surface area contributed by atoms with E-state index < -0.39 is 48.3 Å². The van der Waals surface area contributed by atoms with Crippen molar-refractivity contribution < 1.29 is 47.7 Å². The first-order chi connectivity index (χ1) is 30.5. The first-order valence-electron chi connectivity index (χ1n) is 24.3. The van der Waals surface area contributed by atoms with Gasteiger partial charge in [-0.2, -0.15) is 0 Å². The lowest BCUT2D eigenvalue weighted by Crippen LogP contribution is -2.55. The third kappa shape index (κ3) is 22.7. The van der Waals surface area contributed by atoms with E-state index in [0.717, 1.165) is 70.6 Å². The van der Waals surface area contributed by atoms with Crippen molar-refractivity contribution in [2.75, 3.05) is 13.7 Å². The first kappa shape index (κ1) is 52.9. The number of amides is 3. The smallest absolute Gasteiger partial charge is 0.328 e. The topological polar surface area (TPSA) is 175 Å². The summed E-state index contributed by atoms with van der Waals surface area (Å²) in [5, 5.41) is 7.89. The van der Waals surface area contributed by atoms with Gasteiger partial charge in [0.1, 0.15) is 24.3 Å². The molecule has 2 atom stereocenters. The molecule has 13 heteroatoms. The highest BCUT2D eigenvalue weighted by Crippen LogP contribution is 2.29. The monoisotopic (exact) mass is 882 g/mol. The van der Waals surface area contributed by atoms with E-state index in [1.807, 2.05) is 0 Å². The van der Waals surface area contributed by atoms with E-state index >= 15 is 0 Å². The Bertz CT molecular complexity index is 1570. The summed E-state index contributed by atoms with van der Waals surface area (Å²) in [5.74, 6) is -2.84. The SMILES string of the molecule is CCCCCCCCCCCCCCCCCC(=O)Oc1ccc(/C=C/C(=O)NCC(=O)N[C@H](C(=O)N[C@H](CCC(=O)OC2CCCC2)C(=O)OC2CCCC2)C(C)C)cc1OC. The van der Waals surface area contributed by atoms with Gasteiger partial charge >= 0.3 is 17.9 Å². The van der Waals surface area contributed by atoms with E-state index in [0.29, 0.717) is 23.5 Å². The summed E-state index contributed by atoms with van der Waals surface area (Å²) in [6.07, 6.45) is 28.6. The number of carbonyl (C=O) groups excluding carboxylic acids is 6. The minimum absolute atomic E-state index is 0.00331. The van der Waals surface area contributed by atoms with Crippen molar-refractivity contribution in [1.29, 1.82) is 0 Å². The molecule has 0 heterocycles. The second-order valence-electron chi connectivity index (χ2n) is 17.8. The summed E-state index contributed by atoms with van der Waals surface area (Å²) in [5.41, 5.74) is 0.609. The maximum absolute atomic E-state index is 13.5. The molecule has 2 aliphatic rings. The second-order valence-corrected chi connectivity index (χ2v) is 17.8. The van der Waals surface area contributed by atoms with Crippen LogP contribution in [-0.4, -0.2) is 73.6 Å². The maximum Gasteiger partial charge on any atom is 0.328 e. The van der Waals surface area contributed by atoms with Gasteiger partial charge in [-0.25, -0.2) is 4.79 Å². The van der Waals surface area contributed by atoms with E-state index in [2.05, 4.69) is 22.9 Å². The van der Waals surface area contributed by atoms with Gasteiger partial charge in [0.05, 0.1) is 13.7 Å². The Morgan fingerprint density at radius 3 is 1.79 bits per heavy atom. The average molecular weight is 882 g/mol. The molecule has 2 fully saturated rings.